The molecule has 3 N–H and O–H groups in total. The van der Waals surface area contributed by atoms with Crippen molar-refractivity contribution in [3.05, 3.63) is 0 Å². The molecule has 14 heavy (non-hydrogen) atoms. The molecular weight excluding hydrogens is 237 g/mol. The zero-order valence-corrected chi connectivity index (χ0v) is 8.69. The first-order valence-electron chi connectivity index (χ1n) is 3.57. The Bertz CT molecular complexity index is 220. The molecule has 0 aliphatic rings. The van der Waals surface area contributed by atoms with Crippen LogP contribution in [0.2, 0.25) is 0 Å². The van der Waals surface area contributed by atoms with E-state index >= 15 is 0 Å². The summed E-state index contributed by atoms with van der Waals surface area (Å²) in [6, 6.07) is 0. The number of amides is 1. The number of thiocarbonyl (C=S) groups is 1. The minimum Gasteiger partial charge on any atom is -0.393 e. The molecule has 0 saturated heterocycles. The smallest absolute Gasteiger partial charge is 0.393 e. The zero-order chi connectivity index (χ0) is 11.2. The Morgan fingerprint density at radius 1 is 1.50 bits per heavy atom. The van der Waals surface area contributed by atoms with Crippen molar-refractivity contribution < 1.29 is 18.0 Å². The van der Waals surface area contributed by atoms with Crippen LogP contribution >= 0.6 is 24.0 Å². The molecule has 0 bridgehead atoms. The lowest BCUT2D eigenvalue weighted by molar-refractivity contribution is -0.119. The Kier molecular flexibility index (Phi) is 5.86. The Balaban J connectivity index is 3.46. The van der Waals surface area contributed by atoms with Gasteiger partial charge in [-0.15, -0.1) is 0 Å². The van der Waals surface area contributed by atoms with E-state index < -0.39 is 11.4 Å². The topological polar surface area (TPSA) is 55.1 Å². The second-order valence-electron chi connectivity index (χ2n) is 2.29. The monoisotopic (exact) mass is 246 g/mol. The number of thioether (sulfide) groups is 1. The van der Waals surface area contributed by atoms with Gasteiger partial charge in [0.05, 0.1) is 11.4 Å². The molecule has 0 atom stereocenters. The largest absolute Gasteiger partial charge is 0.441 e. The van der Waals surface area contributed by atoms with Crippen LogP contribution in [0, 0.1) is 0 Å². The van der Waals surface area contributed by atoms with Crippen molar-refractivity contribution in [1.29, 1.82) is 0 Å². The van der Waals surface area contributed by atoms with Crippen LogP contribution in [-0.2, 0) is 4.79 Å². The van der Waals surface area contributed by atoms with Gasteiger partial charge in [-0.1, -0.05) is 12.2 Å². The SMILES string of the molecule is NC(=S)CC(=O)NCCSC(F)(F)F. The maximum absolute atomic E-state index is 11.6. The van der Waals surface area contributed by atoms with E-state index in [1.165, 1.54) is 0 Å². The van der Waals surface area contributed by atoms with Gasteiger partial charge in [-0.25, -0.2) is 0 Å². The van der Waals surface area contributed by atoms with Crippen LogP contribution in [0.1, 0.15) is 6.42 Å². The predicted octanol–water partition coefficient (Wildman–Crippen LogP) is 1.03. The van der Waals surface area contributed by atoms with Crippen LogP contribution in [0.25, 0.3) is 0 Å². The molecule has 0 aliphatic heterocycles. The minimum atomic E-state index is -4.26. The van der Waals surface area contributed by atoms with Gasteiger partial charge in [0.25, 0.3) is 0 Å². The van der Waals surface area contributed by atoms with Crippen molar-refractivity contribution in [2.45, 2.75) is 11.9 Å². The molecule has 0 rings (SSSR count). The van der Waals surface area contributed by atoms with E-state index in [4.69, 9.17) is 5.73 Å². The molecule has 0 aliphatic carbocycles. The highest BCUT2D eigenvalue weighted by Crippen LogP contribution is 2.29. The van der Waals surface area contributed by atoms with Crippen LogP contribution in [0.3, 0.4) is 0 Å². The van der Waals surface area contributed by atoms with Gasteiger partial charge in [0, 0.05) is 12.3 Å². The molecule has 0 spiro atoms. The molecule has 0 radical (unpaired) electrons. The highest BCUT2D eigenvalue weighted by atomic mass is 32.2. The highest BCUT2D eigenvalue weighted by Gasteiger charge is 2.27. The summed E-state index contributed by atoms with van der Waals surface area (Å²) in [5, 5.41) is 2.26. The number of hydrogen-bond acceptors (Lipinski definition) is 3. The van der Waals surface area contributed by atoms with Gasteiger partial charge in [-0.2, -0.15) is 13.2 Å². The third kappa shape index (κ3) is 9.59. The number of alkyl halides is 3. The van der Waals surface area contributed by atoms with Crippen LogP contribution < -0.4 is 11.1 Å². The van der Waals surface area contributed by atoms with E-state index in [9.17, 15) is 18.0 Å². The Hall–Kier alpha value is -0.500. The summed E-state index contributed by atoms with van der Waals surface area (Å²) in [6.07, 6.45) is -0.133. The molecule has 0 aromatic rings. The van der Waals surface area contributed by atoms with Gasteiger partial charge in [0.1, 0.15) is 0 Å². The number of nitrogens with two attached hydrogens (primary N) is 1. The van der Waals surface area contributed by atoms with Crippen molar-refractivity contribution in [3.63, 3.8) is 0 Å². The number of nitrogens with one attached hydrogen (secondary N) is 1. The summed E-state index contributed by atoms with van der Waals surface area (Å²) in [7, 11) is 0. The van der Waals surface area contributed by atoms with Gasteiger partial charge in [-0.3, -0.25) is 4.79 Å². The normalized spacial score (nSPS) is 11.1. The van der Waals surface area contributed by atoms with E-state index in [2.05, 4.69) is 17.5 Å². The van der Waals surface area contributed by atoms with Gasteiger partial charge < -0.3 is 11.1 Å². The van der Waals surface area contributed by atoms with E-state index in [-0.39, 0.29) is 35.5 Å². The van der Waals surface area contributed by atoms with E-state index in [0.29, 0.717) is 0 Å². The molecule has 3 nitrogen and oxygen atoms in total. The van der Waals surface area contributed by atoms with Gasteiger partial charge in [0.2, 0.25) is 5.91 Å². The lowest BCUT2D eigenvalue weighted by atomic mass is 10.4. The fraction of sp³-hybridized carbons (Fsp3) is 0.667. The van der Waals surface area contributed by atoms with Crippen LogP contribution in [0.15, 0.2) is 0 Å². The molecule has 82 valence electrons. The number of carbonyl (C=O) groups is 1. The number of hydrogen-bond donors (Lipinski definition) is 2. The van der Waals surface area contributed by atoms with Crippen LogP contribution in [0.4, 0.5) is 13.2 Å². The lowest BCUT2D eigenvalue weighted by Gasteiger charge is -2.06. The summed E-state index contributed by atoms with van der Waals surface area (Å²) in [5.74, 6) is -0.674. The maximum Gasteiger partial charge on any atom is 0.441 e. The second-order valence-corrected chi connectivity index (χ2v) is 3.97. The predicted molar refractivity (Wildman–Crippen MR) is 52.9 cm³/mol. The summed E-state index contributed by atoms with van der Waals surface area (Å²) in [5.41, 5.74) is 0.796. The maximum atomic E-state index is 11.6. The first-order valence-corrected chi connectivity index (χ1v) is 4.96. The number of rotatable bonds is 5. The fourth-order valence-corrected chi connectivity index (χ4v) is 1.14. The average molecular weight is 246 g/mol. The Morgan fingerprint density at radius 3 is 2.50 bits per heavy atom. The summed E-state index contributed by atoms with van der Waals surface area (Å²) >= 11 is 4.26. The van der Waals surface area contributed by atoms with E-state index in [0.717, 1.165) is 0 Å². The fourth-order valence-electron chi connectivity index (χ4n) is 0.578. The van der Waals surface area contributed by atoms with E-state index in [1.54, 1.807) is 0 Å². The Morgan fingerprint density at radius 2 is 2.07 bits per heavy atom. The average Bonchev–Trinajstić information content (AvgIpc) is 1.95. The molecular formula is C6H9F3N2OS2. The highest BCUT2D eigenvalue weighted by molar-refractivity contribution is 8.00. The quantitative estimate of drug-likeness (QED) is 0.562. The molecule has 0 unspecified atom stereocenters. The van der Waals surface area contributed by atoms with Gasteiger partial charge in [0.15, 0.2) is 0 Å². The first kappa shape index (κ1) is 13.5. The summed E-state index contributed by atoms with van der Waals surface area (Å²) in [4.78, 5) is 10.8. The van der Waals surface area contributed by atoms with Gasteiger partial charge >= 0.3 is 5.51 Å². The van der Waals surface area contributed by atoms with Crippen LogP contribution in [0.5, 0.6) is 0 Å². The standard InChI is InChI=1S/C6H9F3N2OS2/c7-6(8,9)14-2-1-11-5(12)3-4(10)13/h1-3H2,(H2,10,13)(H,11,12). The molecule has 1 amide bonds. The van der Waals surface area contributed by atoms with Crippen molar-refractivity contribution in [1.82, 2.24) is 5.32 Å². The van der Waals surface area contributed by atoms with Gasteiger partial charge in [-0.05, 0) is 11.8 Å². The Labute approximate surface area is 88.6 Å². The van der Waals surface area contributed by atoms with E-state index in [1.807, 2.05) is 0 Å². The molecule has 8 heteroatoms. The van der Waals surface area contributed by atoms with Crippen molar-refractivity contribution in [2.75, 3.05) is 12.3 Å². The van der Waals surface area contributed by atoms with Crippen LogP contribution in [-0.4, -0.2) is 28.7 Å². The molecule has 0 saturated carbocycles. The number of carbonyl (C=O) groups excluding carboxylic acids is 1. The van der Waals surface area contributed by atoms with Crippen molar-refractivity contribution in [3.8, 4) is 0 Å². The number of halogens is 3. The first-order chi connectivity index (χ1) is 6.31. The molecule has 0 fully saturated rings. The minimum absolute atomic E-state index is 0.0194. The zero-order valence-electron chi connectivity index (χ0n) is 7.06. The molecule has 0 heterocycles. The second kappa shape index (κ2) is 6.07. The summed E-state index contributed by atoms with van der Waals surface area (Å²) in [6.45, 7) is -0.0500. The van der Waals surface area contributed by atoms with Crippen molar-refractivity contribution in [2.24, 2.45) is 5.73 Å². The third-order valence-electron chi connectivity index (χ3n) is 1.02. The third-order valence-corrected chi connectivity index (χ3v) is 1.90. The molecule has 0 aromatic heterocycles. The van der Waals surface area contributed by atoms with Crippen molar-refractivity contribution >= 4 is 34.9 Å². The molecule has 0 aromatic carbocycles. The summed E-state index contributed by atoms with van der Waals surface area (Å²) < 4.78 is 34.8. The lowest BCUT2D eigenvalue weighted by Crippen LogP contribution is -2.29.